The topological polar surface area (TPSA) is 37.4 Å². The zero-order valence-corrected chi connectivity index (χ0v) is 9.72. The smallest absolute Gasteiger partial charge is 0.0826 e. The monoisotopic (exact) mass is 221 g/mol. The first-order valence-corrected chi connectivity index (χ1v) is 5.74. The lowest BCUT2D eigenvalue weighted by Crippen LogP contribution is -2.44. The standard InChI is InChI=1S/C12H19N3O/c1-15(9-11-3-2-4-13-7-11)10-12-8-14-5-6-16-12/h2-4,7,12,14H,5-6,8-10H2,1H3. The molecule has 4 nitrogen and oxygen atoms in total. The molecule has 1 unspecified atom stereocenters. The molecule has 2 heterocycles. The van der Waals surface area contributed by atoms with Gasteiger partial charge < -0.3 is 10.1 Å². The highest BCUT2D eigenvalue weighted by Crippen LogP contribution is 2.04. The summed E-state index contributed by atoms with van der Waals surface area (Å²) in [7, 11) is 2.12. The number of nitrogens with one attached hydrogen (secondary N) is 1. The minimum atomic E-state index is 0.315. The summed E-state index contributed by atoms with van der Waals surface area (Å²) in [6.07, 6.45) is 4.03. The van der Waals surface area contributed by atoms with Crippen LogP contribution in [0.2, 0.25) is 0 Å². The number of hydrogen-bond acceptors (Lipinski definition) is 4. The van der Waals surface area contributed by atoms with Crippen molar-refractivity contribution in [3.05, 3.63) is 30.1 Å². The highest BCUT2D eigenvalue weighted by molar-refractivity contribution is 5.07. The zero-order chi connectivity index (χ0) is 11.2. The molecule has 1 aromatic heterocycles. The number of nitrogens with zero attached hydrogens (tertiary/aromatic N) is 2. The van der Waals surface area contributed by atoms with Gasteiger partial charge in [-0.15, -0.1) is 0 Å². The number of morpholine rings is 1. The van der Waals surface area contributed by atoms with E-state index in [0.29, 0.717) is 6.10 Å². The molecule has 1 N–H and O–H groups in total. The quantitative estimate of drug-likeness (QED) is 0.803. The summed E-state index contributed by atoms with van der Waals surface area (Å²) in [4.78, 5) is 6.39. The molecule has 0 aliphatic carbocycles. The van der Waals surface area contributed by atoms with E-state index in [9.17, 15) is 0 Å². The second-order valence-electron chi connectivity index (χ2n) is 4.25. The first-order chi connectivity index (χ1) is 7.84. The van der Waals surface area contributed by atoms with E-state index in [1.165, 1.54) is 5.56 Å². The van der Waals surface area contributed by atoms with Crippen LogP contribution in [0, 0.1) is 0 Å². The Morgan fingerprint density at radius 3 is 3.25 bits per heavy atom. The molecule has 1 aliphatic rings. The third-order valence-corrected chi connectivity index (χ3v) is 2.69. The van der Waals surface area contributed by atoms with Crippen LogP contribution in [-0.2, 0) is 11.3 Å². The highest BCUT2D eigenvalue weighted by Gasteiger charge is 2.15. The van der Waals surface area contributed by atoms with Crippen molar-refractivity contribution in [2.45, 2.75) is 12.6 Å². The van der Waals surface area contributed by atoms with Gasteiger partial charge in [-0.2, -0.15) is 0 Å². The summed E-state index contributed by atoms with van der Waals surface area (Å²) >= 11 is 0. The molecule has 2 rings (SSSR count). The van der Waals surface area contributed by atoms with Gasteiger partial charge in [0.1, 0.15) is 0 Å². The molecule has 16 heavy (non-hydrogen) atoms. The van der Waals surface area contributed by atoms with Gasteiger partial charge in [0.2, 0.25) is 0 Å². The van der Waals surface area contributed by atoms with Gasteiger partial charge in [0.25, 0.3) is 0 Å². The Hall–Kier alpha value is -0.970. The number of hydrogen-bond donors (Lipinski definition) is 1. The van der Waals surface area contributed by atoms with Crippen molar-refractivity contribution in [3.8, 4) is 0 Å². The zero-order valence-electron chi connectivity index (χ0n) is 9.72. The van der Waals surface area contributed by atoms with E-state index in [0.717, 1.165) is 32.8 Å². The molecule has 0 amide bonds. The minimum absolute atomic E-state index is 0.315. The average Bonchev–Trinajstić information content (AvgIpc) is 2.31. The van der Waals surface area contributed by atoms with Crippen LogP contribution in [0.3, 0.4) is 0 Å². The lowest BCUT2D eigenvalue weighted by atomic mass is 10.2. The molecule has 0 aromatic carbocycles. The minimum Gasteiger partial charge on any atom is -0.374 e. The normalized spacial score (nSPS) is 21.2. The molecule has 1 aliphatic heterocycles. The predicted octanol–water partition coefficient (Wildman–Crippen LogP) is 0.502. The summed E-state index contributed by atoms with van der Waals surface area (Å²) in [6, 6.07) is 4.07. The van der Waals surface area contributed by atoms with E-state index in [1.54, 1.807) is 6.20 Å². The molecule has 1 atom stereocenters. The van der Waals surface area contributed by atoms with Crippen LogP contribution in [0.5, 0.6) is 0 Å². The number of rotatable bonds is 4. The fourth-order valence-electron chi connectivity index (χ4n) is 1.95. The molecule has 0 bridgehead atoms. The Balaban J connectivity index is 1.77. The van der Waals surface area contributed by atoms with Crippen molar-refractivity contribution in [3.63, 3.8) is 0 Å². The maximum Gasteiger partial charge on any atom is 0.0826 e. The van der Waals surface area contributed by atoms with Gasteiger partial charge in [0.05, 0.1) is 12.7 Å². The fourth-order valence-corrected chi connectivity index (χ4v) is 1.95. The van der Waals surface area contributed by atoms with Crippen molar-refractivity contribution in [2.24, 2.45) is 0 Å². The van der Waals surface area contributed by atoms with Gasteiger partial charge in [0.15, 0.2) is 0 Å². The van der Waals surface area contributed by atoms with Crippen molar-refractivity contribution >= 4 is 0 Å². The summed E-state index contributed by atoms with van der Waals surface area (Å²) < 4.78 is 5.67. The van der Waals surface area contributed by atoms with Crippen LogP contribution < -0.4 is 5.32 Å². The van der Waals surface area contributed by atoms with Crippen molar-refractivity contribution in [1.82, 2.24) is 15.2 Å². The third-order valence-electron chi connectivity index (χ3n) is 2.69. The average molecular weight is 221 g/mol. The number of ether oxygens (including phenoxy) is 1. The van der Waals surface area contributed by atoms with Crippen molar-refractivity contribution < 1.29 is 4.74 Å². The van der Waals surface area contributed by atoms with Gasteiger partial charge in [-0.1, -0.05) is 6.07 Å². The summed E-state index contributed by atoms with van der Waals surface area (Å²) in [5.41, 5.74) is 1.24. The maximum absolute atomic E-state index is 5.67. The Kier molecular flexibility index (Phi) is 4.27. The second-order valence-corrected chi connectivity index (χ2v) is 4.25. The van der Waals surface area contributed by atoms with Crippen LogP contribution in [0.4, 0.5) is 0 Å². The van der Waals surface area contributed by atoms with Crippen LogP contribution >= 0.6 is 0 Å². The Bertz CT molecular complexity index is 298. The van der Waals surface area contributed by atoms with Gasteiger partial charge in [-0.3, -0.25) is 9.88 Å². The van der Waals surface area contributed by atoms with Crippen LogP contribution in [0.15, 0.2) is 24.5 Å². The van der Waals surface area contributed by atoms with Crippen LogP contribution in [0.25, 0.3) is 0 Å². The largest absolute Gasteiger partial charge is 0.374 e. The van der Waals surface area contributed by atoms with E-state index < -0.39 is 0 Å². The number of pyridine rings is 1. The number of likely N-dealkylation sites (N-methyl/N-ethyl adjacent to an activating group) is 1. The molecule has 1 saturated heterocycles. The molecular weight excluding hydrogens is 202 g/mol. The molecule has 0 spiro atoms. The van der Waals surface area contributed by atoms with Crippen molar-refractivity contribution in [1.29, 1.82) is 0 Å². The summed E-state index contributed by atoms with van der Waals surface area (Å²) in [6.45, 7) is 4.64. The Morgan fingerprint density at radius 1 is 1.62 bits per heavy atom. The second kappa shape index (κ2) is 5.94. The molecule has 1 aromatic rings. The first-order valence-electron chi connectivity index (χ1n) is 5.74. The highest BCUT2D eigenvalue weighted by atomic mass is 16.5. The molecule has 0 saturated carbocycles. The van der Waals surface area contributed by atoms with E-state index in [1.807, 2.05) is 12.3 Å². The molecule has 1 fully saturated rings. The van der Waals surface area contributed by atoms with E-state index in [4.69, 9.17) is 4.74 Å². The molecular formula is C12H19N3O. The van der Waals surface area contributed by atoms with Gasteiger partial charge in [-0.25, -0.2) is 0 Å². The van der Waals surface area contributed by atoms with Gasteiger partial charge in [0, 0.05) is 38.6 Å². The molecule has 0 radical (unpaired) electrons. The lowest BCUT2D eigenvalue weighted by Gasteiger charge is -2.27. The number of aromatic nitrogens is 1. The van der Waals surface area contributed by atoms with E-state index in [-0.39, 0.29) is 0 Å². The Labute approximate surface area is 96.6 Å². The van der Waals surface area contributed by atoms with Crippen molar-refractivity contribution in [2.75, 3.05) is 33.3 Å². The van der Waals surface area contributed by atoms with Crippen LogP contribution in [0.1, 0.15) is 5.56 Å². The van der Waals surface area contributed by atoms with E-state index in [2.05, 4.69) is 28.3 Å². The maximum atomic E-state index is 5.67. The summed E-state index contributed by atoms with van der Waals surface area (Å²) in [5.74, 6) is 0. The Morgan fingerprint density at radius 2 is 2.56 bits per heavy atom. The fraction of sp³-hybridized carbons (Fsp3) is 0.583. The third kappa shape index (κ3) is 3.56. The molecule has 88 valence electrons. The predicted molar refractivity (Wildman–Crippen MR) is 63.2 cm³/mol. The molecule has 4 heteroatoms. The van der Waals surface area contributed by atoms with Gasteiger partial charge >= 0.3 is 0 Å². The SMILES string of the molecule is CN(Cc1cccnc1)CC1CNCCO1. The lowest BCUT2D eigenvalue weighted by molar-refractivity contribution is 0.00883. The van der Waals surface area contributed by atoms with Crippen LogP contribution in [-0.4, -0.2) is 49.3 Å². The summed E-state index contributed by atoms with van der Waals surface area (Å²) in [5, 5.41) is 3.34. The van der Waals surface area contributed by atoms with Gasteiger partial charge in [-0.05, 0) is 18.7 Å². The first kappa shape index (κ1) is 11.5. The van der Waals surface area contributed by atoms with E-state index >= 15 is 0 Å².